The van der Waals surface area contributed by atoms with Crippen molar-refractivity contribution < 1.29 is 33.8 Å². The standard InChI is InChI=1S/C26H19BrN2O7/c27-21-13-17(6-11-22(21)36-15-23(30)31)12-20-24(32)28-26(34)29(25(20)33)18-7-9-19(10-8-18)35-14-16-4-2-1-3-5-16/h1-13H,14-15H2,(H,30,31)(H,28,32,34)/b20-12+. The number of barbiturate groups is 1. The molecular weight excluding hydrogens is 532 g/mol. The van der Waals surface area contributed by atoms with E-state index in [9.17, 15) is 19.2 Å². The number of carbonyl (C=O) groups excluding carboxylic acids is 3. The molecule has 0 unspecified atom stereocenters. The lowest BCUT2D eigenvalue weighted by Crippen LogP contribution is -2.54. The molecule has 1 saturated heterocycles. The molecule has 0 radical (unpaired) electrons. The lowest BCUT2D eigenvalue weighted by molar-refractivity contribution is -0.139. The molecule has 2 N–H and O–H groups in total. The van der Waals surface area contributed by atoms with E-state index in [2.05, 4.69) is 21.2 Å². The maximum Gasteiger partial charge on any atom is 0.341 e. The molecule has 9 nitrogen and oxygen atoms in total. The Labute approximate surface area is 214 Å². The van der Waals surface area contributed by atoms with Gasteiger partial charge in [0.1, 0.15) is 23.7 Å². The number of hydrogen-bond acceptors (Lipinski definition) is 6. The molecule has 4 amide bonds. The number of anilines is 1. The molecule has 0 aliphatic carbocycles. The summed E-state index contributed by atoms with van der Waals surface area (Å²) < 4.78 is 11.3. The second-order valence-corrected chi connectivity index (χ2v) is 8.45. The highest BCUT2D eigenvalue weighted by Crippen LogP contribution is 2.29. The van der Waals surface area contributed by atoms with Crippen molar-refractivity contribution in [1.29, 1.82) is 0 Å². The molecule has 0 bridgehead atoms. The van der Waals surface area contributed by atoms with Gasteiger partial charge in [0.15, 0.2) is 6.61 Å². The number of urea groups is 1. The van der Waals surface area contributed by atoms with Crippen LogP contribution < -0.4 is 19.7 Å². The van der Waals surface area contributed by atoms with E-state index < -0.39 is 30.4 Å². The Morgan fingerprint density at radius 2 is 1.69 bits per heavy atom. The van der Waals surface area contributed by atoms with Gasteiger partial charge in [0.25, 0.3) is 11.8 Å². The number of aliphatic carboxylic acids is 1. The Morgan fingerprint density at radius 3 is 2.36 bits per heavy atom. The van der Waals surface area contributed by atoms with E-state index in [-0.39, 0.29) is 17.0 Å². The van der Waals surface area contributed by atoms with Crippen LogP contribution in [0.15, 0.2) is 82.8 Å². The van der Waals surface area contributed by atoms with Crippen LogP contribution in [0.5, 0.6) is 11.5 Å². The maximum atomic E-state index is 13.1. The predicted octanol–water partition coefficient (Wildman–Crippen LogP) is 4.16. The summed E-state index contributed by atoms with van der Waals surface area (Å²) in [5.41, 5.74) is 1.47. The SMILES string of the molecule is O=C(O)COc1ccc(/C=C2\C(=O)NC(=O)N(c3ccc(OCc4ccccc4)cc3)C2=O)cc1Br. The summed E-state index contributed by atoms with van der Waals surface area (Å²) in [7, 11) is 0. The third kappa shape index (κ3) is 5.78. The van der Waals surface area contributed by atoms with Crippen LogP contribution in [0.1, 0.15) is 11.1 Å². The van der Waals surface area contributed by atoms with E-state index in [4.69, 9.17) is 14.6 Å². The Bertz CT molecular complexity index is 1350. The van der Waals surface area contributed by atoms with Crippen molar-refractivity contribution >= 4 is 51.5 Å². The van der Waals surface area contributed by atoms with Crippen molar-refractivity contribution in [3.05, 3.63) is 94.0 Å². The van der Waals surface area contributed by atoms with E-state index in [1.807, 2.05) is 30.3 Å². The van der Waals surface area contributed by atoms with E-state index in [1.165, 1.54) is 12.1 Å². The third-order valence-corrected chi connectivity index (χ3v) is 5.68. The first kappa shape index (κ1) is 24.7. The summed E-state index contributed by atoms with van der Waals surface area (Å²) in [6.45, 7) is -0.159. The molecule has 4 rings (SSSR count). The second kappa shape index (κ2) is 10.9. The number of carboxylic acids is 1. The van der Waals surface area contributed by atoms with Gasteiger partial charge in [-0.15, -0.1) is 0 Å². The van der Waals surface area contributed by atoms with Crippen LogP contribution >= 0.6 is 15.9 Å². The van der Waals surface area contributed by atoms with Gasteiger partial charge in [-0.2, -0.15) is 0 Å². The van der Waals surface area contributed by atoms with Crippen molar-refractivity contribution in [3.63, 3.8) is 0 Å². The molecule has 1 fully saturated rings. The van der Waals surface area contributed by atoms with Gasteiger partial charge in [0, 0.05) is 0 Å². The fraction of sp³-hybridized carbons (Fsp3) is 0.0769. The lowest BCUT2D eigenvalue weighted by Gasteiger charge is -2.26. The molecule has 0 spiro atoms. The molecule has 0 atom stereocenters. The number of carboxylic acid groups (broad SMARTS) is 1. The van der Waals surface area contributed by atoms with Crippen LogP contribution in [0.4, 0.5) is 10.5 Å². The number of carbonyl (C=O) groups is 4. The minimum atomic E-state index is -1.13. The number of imide groups is 2. The largest absolute Gasteiger partial charge is 0.489 e. The lowest BCUT2D eigenvalue weighted by atomic mass is 10.1. The quantitative estimate of drug-likeness (QED) is 0.319. The summed E-state index contributed by atoms with van der Waals surface area (Å²) in [6.07, 6.45) is 1.33. The normalized spacial score (nSPS) is 14.5. The Balaban J connectivity index is 1.51. The van der Waals surface area contributed by atoms with Crippen LogP contribution in [0, 0.1) is 0 Å². The van der Waals surface area contributed by atoms with E-state index in [0.717, 1.165) is 10.5 Å². The molecule has 3 aromatic rings. The maximum absolute atomic E-state index is 13.1. The van der Waals surface area contributed by atoms with Crippen molar-refractivity contribution in [2.45, 2.75) is 6.61 Å². The molecule has 10 heteroatoms. The van der Waals surface area contributed by atoms with Gasteiger partial charge in [-0.3, -0.25) is 14.9 Å². The van der Waals surface area contributed by atoms with Gasteiger partial charge in [0.05, 0.1) is 10.2 Å². The highest BCUT2D eigenvalue weighted by atomic mass is 79.9. The highest BCUT2D eigenvalue weighted by molar-refractivity contribution is 9.10. The van der Waals surface area contributed by atoms with Crippen LogP contribution in [-0.2, 0) is 21.0 Å². The fourth-order valence-electron chi connectivity index (χ4n) is 3.35. The zero-order chi connectivity index (χ0) is 25.7. The number of amides is 4. The molecular formula is C26H19BrN2O7. The monoisotopic (exact) mass is 550 g/mol. The first-order valence-corrected chi connectivity index (χ1v) is 11.4. The Morgan fingerprint density at radius 1 is 0.972 bits per heavy atom. The summed E-state index contributed by atoms with van der Waals surface area (Å²) in [4.78, 5) is 49.6. The van der Waals surface area contributed by atoms with Crippen LogP contribution in [-0.4, -0.2) is 35.5 Å². The minimum absolute atomic E-state index is 0.245. The smallest absolute Gasteiger partial charge is 0.341 e. The molecule has 1 aliphatic rings. The highest BCUT2D eigenvalue weighted by Gasteiger charge is 2.36. The van der Waals surface area contributed by atoms with E-state index in [1.54, 1.807) is 36.4 Å². The Kier molecular flexibility index (Phi) is 7.45. The predicted molar refractivity (Wildman–Crippen MR) is 133 cm³/mol. The van der Waals surface area contributed by atoms with Crippen molar-refractivity contribution in [3.8, 4) is 11.5 Å². The molecule has 36 heavy (non-hydrogen) atoms. The summed E-state index contributed by atoms with van der Waals surface area (Å²) in [5, 5.41) is 10.9. The molecule has 3 aromatic carbocycles. The zero-order valence-corrected chi connectivity index (χ0v) is 20.2. The van der Waals surface area contributed by atoms with Crippen molar-refractivity contribution in [2.24, 2.45) is 0 Å². The number of hydrogen-bond donors (Lipinski definition) is 2. The Hall–Kier alpha value is -4.44. The van der Waals surface area contributed by atoms with Crippen molar-refractivity contribution in [1.82, 2.24) is 5.32 Å². The number of nitrogens with zero attached hydrogens (tertiary/aromatic N) is 1. The topological polar surface area (TPSA) is 122 Å². The average molecular weight is 551 g/mol. The van der Waals surface area contributed by atoms with Crippen molar-refractivity contribution in [2.75, 3.05) is 11.5 Å². The third-order valence-electron chi connectivity index (χ3n) is 5.06. The summed E-state index contributed by atoms with van der Waals surface area (Å²) in [6, 6.07) is 19.7. The average Bonchev–Trinajstić information content (AvgIpc) is 2.86. The molecule has 0 aromatic heterocycles. The van der Waals surface area contributed by atoms with Gasteiger partial charge in [-0.05, 0) is 69.5 Å². The fourth-order valence-corrected chi connectivity index (χ4v) is 3.87. The molecule has 182 valence electrons. The number of nitrogens with one attached hydrogen (secondary N) is 1. The first-order valence-electron chi connectivity index (χ1n) is 10.6. The summed E-state index contributed by atoms with van der Waals surface area (Å²) in [5.74, 6) is -1.91. The number of ether oxygens (including phenoxy) is 2. The van der Waals surface area contributed by atoms with Gasteiger partial charge in [-0.25, -0.2) is 14.5 Å². The van der Waals surface area contributed by atoms with Gasteiger partial charge < -0.3 is 14.6 Å². The first-order chi connectivity index (χ1) is 17.3. The van der Waals surface area contributed by atoms with Gasteiger partial charge in [-0.1, -0.05) is 36.4 Å². The van der Waals surface area contributed by atoms with E-state index in [0.29, 0.717) is 22.4 Å². The number of halogens is 1. The number of benzene rings is 3. The zero-order valence-electron chi connectivity index (χ0n) is 18.6. The summed E-state index contributed by atoms with van der Waals surface area (Å²) >= 11 is 3.28. The van der Waals surface area contributed by atoms with Gasteiger partial charge in [0.2, 0.25) is 0 Å². The molecule has 1 aliphatic heterocycles. The molecule has 0 saturated carbocycles. The second-order valence-electron chi connectivity index (χ2n) is 7.60. The number of rotatable bonds is 8. The van der Waals surface area contributed by atoms with Crippen LogP contribution in [0.2, 0.25) is 0 Å². The molecule has 1 heterocycles. The van der Waals surface area contributed by atoms with Gasteiger partial charge >= 0.3 is 12.0 Å². The van der Waals surface area contributed by atoms with E-state index >= 15 is 0 Å². The van der Waals surface area contributed by atoms with Crippen LogP contribution in [0.25, 0.3) is 6.08 Å². The van der Waals surface area contributed by atoms with Crippen LogP contribution in [0.3, 0.4) is 0 Å². The minimum Gasteiger partial charge on any atom is -0.489 e.